The molecule has 0 heterocycles. The van der Waals surface area contributed by atoms with Crippen molar-refractivity contribution >= 4 is 23.9 Å². The minimum Gasteiger partial charge on any atom is -0.508 e. The number of esters is 1. The van der Waals surface area contributed by atoms with Gasteiger partial charge in [-0.25, -0.2) is 4.79 Å². The number of nitrogens with zero attached hydrogens (tertiary/aromatic N) is 1. The van der Waals surface area contributed by atoms with Crippen molar-refractivity contribution in [3.05, 3.63) is 29.8 Å². The summed E-state index contributed by atoms with van der Waals surface area (Å²) in [7, 11) is 0. The van der Waals surface area contributed by atoms with Crippen LogP contribution in [0.4, 0.5) is 4.79 Å². The van der Waals surface area contributed by atoms with Gasteiger partial charge in [0, 0.05) is 12.1 Å². The second-order valence-corrected chi connectivity index (χ2v) is 11.2. The van der Waals surface area contributed by atoms with E-state index in [2.05, 4.69) is 10.6 Å². The van der Waals surface area contributed by atoms with Crippen LogP contribution in [0.5, 0.6) is 5.75 Å². The van der Waals surface area contributed by atoms with Crippen molar-refractivity contribution in [1.29, 1.82) is 0 Å². The quantitative estimate of drug-likeness (QED) is 0.364. The number of carbonyl (C=O) groups is 4. The molecule has 0 spiro atoms. The molecule has 0 bridgehead atoms. The fourth-order valence-electron chi connectivity index (χ4n) is 3.80. The van der Waals surface area contributed by atoms with Crippen molar-refractivity contribution in [2.75, 3.05) is 13.2 Å². The zero-order chi connectivity index (χ0) is 29.3. The van der Waals surface area contributed by atoms with Gasteiger partial charge in [0.2, 0.25) is 11.8 Å². The number of phenols is 1. The molecule has 0 aliphatic heterocycles. The van der Waals surface area contributed by atoms with Gasteiger partial charge < -0.3 is 30.1 Å². The van der Waals surface area contributed by atoms with E-state index in [1.165, 1.54) is 17.0 Å². The van der Waals surface area contributed by atoms with E-state index in [4.69, 9.17) is 9.47 Å². The van der Waals surface area contributed by atoms with Crippen molar-refractivity contribution in [3.63, 3.8) is 0 Å². The number of aromatic hydroxyl groups is 1. The van der Waals surface area contributed by atoms with Crippen molar-refractivity contribution in [3.8, 4) is 5.75 Å². The largest absolute Gasteiger partial charge is 0.508 e. The number of ether oxygens (including phenoxy) is 2. The first-order valence-corrected chi connectivity index (χ1v) is 13.1. The summed E-state index contributed by atoms with van der Waals surface area (Å²) in [6.45, 7) is 16.3. The number of phenolic OH excluding ortho intramolecular Hbond substituents is 1. The Hall–Kier alpha value is -3.30. The second-order valence-electron chi connectivity index (χ2n) is 11.2. The van der Waals surface area contributed by atoms with Crippen molar-refractivity contribution < 1.29 is 33.8 Å². The van der Waals surface area contributed by atoms with Gasteiger partial charge in [0.05, 0.1) is 13.0 Å². The summed E-state index contributed by atoms with van der Waals surface area (Å²) in [6, 6.07) is 3.92. The SMILES string of the molecule is CCOC(=O)CCNC(=O)C(c1ccc(O)cc1)N(C(=O)C(NC(=O)OC(C)(C)C)C(C)CC)C(C)(C)C. The molecule has 1 rings (SSSR count). The Morgan fingerprint density at radius 1 is 1.00 bits per heavy atom. The highest BCUT2D eigenvalue weighted by atomic mass is 16.6. The number of benzene rings is 1. The van der Waals surface area contributed by atoms with Crippen LogP contribution in [0.2, 0.25) is 0 Å². The maximum absolute atomic E-state index is 14.2. The number of carbonyl (C=O) groups excluding carboxylic acids is 4. The predicted octanol–water partition coefficient (Wildman–Crippen LogP) is 4.07. The van der Waals surface area contributed by atoms with Crippen LogP contribution in [-0.2, 0) is 23.9 Å². The fourth-order valence-corrected chi connectivity index (χ4v) is 3.80. The number of rotatable bonds is 11. The smallest absolute Gasteiger partial charge is 0.408 e. The van der Waals surface area contributed by atoms with E-state index in [1.807, 2.05) is 13.8 Å². The third-order valence-electron chi connectivity index (χ3n) is 5.76. The number of nitrogens with one attached hydrogen (secondary N) is 2. The average Bonchev–Trinajstić information content (AvgIpc) is 2.79. The van der Waals surface area contributed by atoms with Gasteiger partial charge in [-0.15, -0.1) is 0 Å². The van der Waals surface area contributed by atoms with Crippen LogP contribution in [0.15, 0.2) is 24.3 Å². The standard InChI is InChI=1S/C28H45N3O7/c1-10-18(3)22(30-26(36)38-28(7,8)9)25(35)31(27(4,5)6)23(19-12-14-20(32)15-13-19)24(34)29-17-16-21(33)37-11-2/h12-15,18,22-23,32H,10-11,16-17H2,1-9H3,(H,29,34)(H,30,36). The summed E-state index contributed by atoms with van der Waals surface area (Å²) >= 11 is 0. The third-order valence-corrected chi connectivity index (χ3v) is 5.76. The molecule has 1 aromatic rings. The minimum absolute atomic E-state index is 0.00734. The van der Waals surface area contributed by atoms with Gasteiger partial charge in [0.15, 0.2) is 0 Å². The first-order chi connectivity index (χ1) is 17.5. The maximum Gasteiger partial charge on any atom is 0.408 e. The molecule has 10 nitrogen and oxygen atoms in total. The molecule has 0 aliphatic rings. The summed E-state index contributed by atoms with van der Waals surface area (Å²) in [5, 5.41) is 15.3. The molecule has 38 heavy (non-hydrogen) atoms. The lowest BCUT2D eigenvalue weighted by Gasteiger charge is -2.43. The van der Waals surface area contributed by atoms with Crippen LogP contribution in [0.25, 0.3) is 0 Å². The van der Waals surface area contributed by atoms with E-state index in [0.29, 0.717) is 12.0 Å². The Balaban J connectivity index is 3.48. The van der Waals surface area contributed by atoms with E-state index in [9.17, 15) is 24.3 Å². The molecule has 3 amide bonds. The van der Waals surface area contributed by atoms with Crippen LogP contribution in [0.3, 0.4) is 0 Å². The van der Waals surface area contributed by atoms with Gasteiger partial charge in [-0.1, -0.05) is 32.4 Å². The molecule has 214 valence electrons. The fraction of sp³-hybridized carbons (Fsp3) is 0.643. The number of hydrogen-bond acceptors (Lipinski definition) is 7. The zero-order valence-electron chi connectivity index (χ0n) is 24.2. The zero-order valence-corrected chi connectivity index (χ0v) is 24.2. The molecule has 1 aromatic carbocycles. The van der Waals surface area contributed by atoms with E-state index >= 15 is 0 Å². The molecule has 3 N–H and O–H groups in total. The van der Waals surface area contributed by atoms with E-state index in [-0.39, 0.29) is 31.2 Å². The Kier molecular flexibility index (Phi) is 12.1. The normalized spacial score (nSPS) is 14.0. The number of hydrogen-bond donors (Lipinski definition) is 3. The van der Waals surface area contributed by atoms with E-state index in [1.54, 1.807) is 60.6 Å². The maximum atomic E-state index is 14.2. The highest BCUT2D eigenvalue weighted by Crippen LogP contribution is 2.32. The summed E-state index contributed by atoms with van der Waals surface area (Å²) < 4.78 is 10.3. The van der Waals surface area contributed by atoms with Gasteiger partial charge in [-0.2, -0.15) is 0 Å². The van der Waals surface area contributed by atoms with E-state index in [0.717, 1.165) is 0 Å². The molecular weight excluding hydrogens is 490 g/mol. The molecule has 0 fully saturated rings. The lowest BCUT2D eigenvalue weighted by atomic mass is 9.91. The predicted molar refractivity (Wildman–Crippen MR) is 144 cm³/mol. The van der Waals surface area contributed by atoms with Gasteiger partial charge >= 0.3 is 12.1 Å². The molecule has 0 aliphatic carbocycles. The van der Waals surface area contributed by atoms with Crippen molar-refractivity contribution in [1.82, 2.24) is 15.5 Å². The molecule has 3 atom stereocenters. The monoisotopic (exact) mass is 535 g/mol. The first kappa shape index (κ1) is 32.7. The highest BCUT2D eigenvalue weighted by molar-refractivity contribution is 5.93. The summed E-state index contributed by atoms with van der Waals surface area (Å²) in [4.78, 5) is 53.7. The lowest BCUT2D eigenvalue weighted by molar-refractivity contribution is -0.149. The Morgan fingerprint density at radius 2 is 1.58 bits per heavy atom. The molecular formula is C28H45N3O7. The van der Waals surface area contributed by atoms with E-state index < -0.39 is 47.1 Å². The van der Waals surface area contributed by atoms with Crippen molar-refractivity contribution in [2.24, 2.45) is 5.92 Å². The van der Waals surface area contributed by atoms with Gasteiger partial charge in [0.1, 0.15) is 23.4 Å². The van der Waals surface area contributed by atoms with Crippen molar-refractivity contribution in [2.45, 2.75) is 98.4 Å². The summed E-state index contributed by atoms with van der Waals surface area (Å²) in [5.74, 6) is -1.68. The van der Waals surface area contributed by atoms with Crippen LogP contribution >= 0.6 is 0 Å². The second kappa shape index (κ2) is 14.0. The molecule has 3 unspecified atom stereocenters. The van der Waals surface area contributed by atoms with Crippen LogP contribution in [0, 0.1) is 5.92 Å². The van der Waals surface area contributed by atoms with Crippen LogP contribution in [-0.4, -0.2) is 64.2 Å². The van der Waals surface area contributed by atoms with Gasteiger partial charge in [0.25, 0.3) is 0 Å². The molecule has 10 heteroatoms. The van der Waals surface area contributed by atoms with Crippen LogP contribution < -0.4 is 10.6 Å². The Labute approximate surface area is 226 Å². The molecule has 0 saturated heterocycles. The molecule has 0 saturated carbocycles. The Bertz CT molecular complexity index is 949. The lowest BCUT2D eigenvalue weighted by Crippen LogP contribution is -2.60. The topological polar surface area (TPSA) is 134 Å². The van der Waals surface area contributed by atoms with Crippen LogP contribution in [0.1, 0.15) is 86.8 Å². The Morgan fingerprint density at radius 3 is 2.05 bits per heavy atom. The summed E-state index contributed by atoms with van der Waals surface area (Å²) in [6.07, 6.45) is -0.175. The number of alkyl carbamates (subject to hydrolysis) is 1. The summed E-state index contributed by atoms with van der Waals surface area (Å²) in [5.41, 5.74) is -1.16. The van der Waals surface area contributed by atoms with Gasteiger partial charge in [-0.3, -0.25) is 14.4 Å². The molecule has 0 aromatic heterocycles. The number of amides is 3. The van der Waals surface area contributed by atoms with Gasteiger partial charge in [-0.05, 0) is 72.1 Å². The first-order valence-electron chi connectivity index (χ1n) is 13.1. The average molecular weight is 536 g/mol. The third kappa shape index (κ3) is 10.2. The highest BCUT2D eigenvalue weighted by Gasteiger charge is 2.43. The molecule has 0 radical (unpaired) electrons. The minimum atomic E-state index is -1.11.